The van der Waals surface area contributed by atoms with Crippen molar-refractivity contribution in [2.24, 2.45) is 79.9 Å². The van der Waals surface area contributed by atoms with Gasteiger partial charge in [-0.05, 0) is 68.9 Å². The lowest BCUT2D eigenvalue weighted by Crippen LogP contribution is -2.51. The number of thiol groups is 1. The molecule has 82 heavy (non-hydrogen) atoms. The van der Waals surface area contributed by atoms with E-state index in [2.05, 4.69) is 48.9 Å². The number of H-pyrrole nitrogens is 1. The van der Waals surface area contributed by atoms with E-state index >= 15 is 0 Å². The molecular formula is C55H87N13O13S. The number of aromatic nitrogens is 1. The van der Waals surface area contributed by atoms with Crippen LogP contribution in [0.3, 0.4) is 0 Å². The van der Waals surface area contributed by atoms with E-state index in [4.69, 9.17) is 34.4 Å². The topological polar surface area (TPSA) is 473 Å². The molecule has 1 aromatic carbocycles. The summed E-state index contributed by atoms with van der Waals surface area (Å²) in [6.07, 6.45) is -2.46. The number of carboxylic acids is 1. The number of aromatic amines is 1. The minimum Gasteiger partial charge on any atom is -0.481 e. The number of hydrogen-bond donors (Lipinski definition) is 14. The number of fused-ring (bicyclic) bond motifs is 1. The highest BCUT2D eigenvalue weighted by Crippen LogP contribution is 2.24. The Kier molecular flexibility index (Phi) is 31.3. The molecule has 19 N–H and O–H groups in total. The number of hydrogen-bond acceptors (Lipinski definition) is 16. The zero-order valence-electron chi connectivity index (χ0n) is 47.7. The Morgan fingerprint density at radius 1 is 0.634 bits per heavy atom. The number of carbonyl (C=O) groups is 11. The SMILES string of the molecule is CC(C)C[C@H](NC(=O)[C@@H](CCCN=C(N)N)CC(=O)[C@H](Cc1c[nH]c2ccccc12)NC(=O)CCC(=O)[C@@H](NC(=O)[C@@H](CC(=O)CN)C(C)C)[C@@H](C)O)C(=O)C[C@@H](CS)C(=O)N[C@@H](CCC(=O)O)C(=O)C[C@@H](CCCN=C(N)N)C(N)=O. The second kappa shape index (κ2) is 36.3. The number of guanidine groups is 2. The van der Waals surface area contributed by atoms with Crippen molar-refractivity contribution in [3.8, 4) is 0 Å². The smallest absolute Gasteiger partial charge is 0.303 e. The van der Waals surface area contributed by atoms with Crippen LogP contribution in [0.1, 0.15) is 124 Å². The van der Waals surface area contributed by atoms with E-state index in [1.165, 1.54) is 6.92 Å². The fraction of sp³-hybridized carbons (Fsp3) is 0.618. The molecule has 0 saturated heterocycles. The molecule has 0 radical (unpaired) electrons. The van der Waals surface area contributed by atoms with Crippen LogP contribution in [-0.4, -0.2) is 147 Å². The summed E-state index contributed by atoms with van der Waals surface area (Å²) < 4.78 is 0. The summed E-state index contributed by atoms with van der Waals surface area (Å²) in [5.41, 5.74) is 34.3. The Bertz CT molecular complexity index is 2580. The molecule has 2 rings (SSSR count). The number of aliphatic imine (C=N–C) groups is 2. The second-order valence-electron chi connectivity index (χ2n) is 21.4. The van der Waals surface area contributed by atoms with E-state index in [1.54, 1.807) is 40.0 Å². The lowest BCUT2D eigenvalue weighted by atomic mass is 9.89. The van der Waals surface area contributed by atoms with Crippen molar-refractivity contribution in [3.63, 3.8) is 0 Å². The Morgan fingerprint density at radius 3 is 1.73 bits per heavy atom. The van der Waals surface area contributed by atoms with Gasteiger partial charge in [-0.3, -0.25) is 62.7 Å². The molecule has 0 spiro atoms. The number of Topliss-reactive ketones (excluding diaryl/α,β-unsaturated/α-hetero) is 5. The number of nitrogens with zero attached hydrogens (tertiary/aromatic N) is 2. The van der Waals surface area contributed by atoms with Crippen LogP contribution in [0.2, 0.25) is 0 Å². The molecule has 456 valence electrons. The number of carbonyl (C=O) groups excluding carboxylic acids is 10. The molecule has 1 aromatic heterocycles. The number of aliphatic hydroxyl groups is 1. The third kappa shape index (κ3) is 25.7. The summed E-state index contributed by atoms with van der Waals surface area (Å²) in [5, 5.41) is 31.4. The van der Waals surface area contributed by atoms with Gasteiger partial charge in [0.1, 0.15) is 11.8 Å². The molecule has 0 aliphatic carbocycles. The van der Waals surface area contributed by atoms with Crippen LogP contribution in [0, 0.1) is 35.5 Å². The number of amides is 5. The molecule has 0 aliphatic heterocycles. The van der Waals surface area contributed by atoms with Crippen LogP contribution >= 0.6 is 12.6 Å². The number of ketones is 5. The summed E-state index contributed by atoms with van der Waals surface area (Å²) in [4.78, 5) is 159. The molecule has 0 fully saturated rings. The number of benzene rings is 1. The summed E-state index contributed by atoms with van der Waals surface area (Å²) >= 11 is 4.32. The zero-order valence-corrected chi connectivity index (χ0v) is 48.6. The maximum Gasteiger partial charge on any atom is 0.303 e. The van der Waals surface area contributed by atoms with Gasteiger partial charge in [0.15, 0.2) is 35.1 Å². The largest absolute Gasteiger partial charge is 0.481 e. The van der Waals surface area contributed by atoms with Crippen LogP contribution in [0.4, 0.5) is 0 Å². The van der Waals surface area contributed by atoms with Gasteiger partial charge in [-0.15, -0.1) is 0 Å². The van der Waals surface area contributed by atoms with Crippen LogP contribution in [0.15, 0.2) is 40.4 Å². The van der Waals surface area contributed by atoms with Crippen molar-refractivity contribution in [1.82, 2.24) is 26.3 Å². The van der Waals surface area contributed by atoms with Crippen LogP contribution < -0.4 is 55.7 Å². The highest BCUT2D eigenvalue weighted by atomic mass is 32.1. The average Bonchev–Trinajstić information content (AvgIpc) is 3.87. The Balaban J connectivity index is 2.44. The van der Waals surface area contributed by atoms with Crippen LogP contribution in [-0.2, 0) is 59.2 Å². The van der Waals surface area contributed by atoms with E-state index in [0.717, 1.165) is 10.9 Å². The maximum absolute atomic E-state index is 14.7. The number of nitrogens with two attached hydrogens (primary N) is 6. The molecule has 1 heterocycles. The van der Waals surface area contributed by atoms with Gasteiger partial charge < -0.3 is 70.9 Å². The lowest BCUT2D eigenvalue weighted by Gasteiger charge is -2.26. The van der Waals surface area contributed by atoms with Gasteiger partial charge in [0, 0.05) is 105 Å². The molecule has 26 nitrogen and oxygen atoms in total. The first-order valence-electron chi connectivity index (χ1n) is 27.6. The van der Waals surface area contributed by atoms with Crippen molar-refractivity contribution >= 4 is 99.9 Å². The van der Waals surface area contributed by atoms with Gasteiger partial charge in [0.05, 0.1) is 36.7 Å². The Morgan fingerprint density at radius 2 is 1.18 bits per heavy atom. The van der Waals surface area contributed by atoms with Crippen molar-refractivity contribution in [2.75, 3.05) is 25.4 Å². The number of para-hydroxylation sites is 1. The third-order valence-corrected chi connectivity index (χ3v) is 14.3. The monoisotopic (exact) mass is 1170 g/mol. The molecule has 27 heteroatoms. The van der Waals surface area contributed by atoms with E-state index in [-0.39, 0.29) is 106 Å². The third-order valence-electron chi connectivity index (χ3n) is 13.8. The Hall–Kier alpha value is -7.26. The van der Waals surface area contributed by atoms with Crippen molar-refractivity contribution in [3.05, 3.63) is 36.0 Å². The van der Waals surface area contributed by atoms with Gasteiger partial charge >= 0.3 is 5.97 Å². The normalized spacial score (nSPS) is 14.6. The second-order valence-corrected chi connectivity index (χ2v) is 21.8. The van der Waals surface area contributed by atoms with E-state index in [1.807, 2.05) is 18.2 Å². The number of primary amides is 1. The number of aliphatic hydroxyl groups excluding tert-OH is 1. The molecule has 0 unspecified atom stereocenters. The number of rotatable bonds is 42. The van der Waals surface area contributed by atoms with Crippen LogP contribution in [0.5, 0.6) is 0 Å². The number of carboxylic acid groups (broad SMARTS) is 1. The number of aliphatic carboxylic acids is 1. The van der Waals surface area contributed by atoms with Gasteiger partial charge in [0.25, 0.3) is 0 Å². The van der Waals surface area contributed by atoms with E-state index < -0.39 is 151 Å². The summed E-state index contributed by atoms with van der Waals surface area (Å²) in [7, 11) is 0. The predicted molar refractivity (Wildman–Crippen MR) is 311 cm³/mol. The van der Waals surface area contributed by atoms with E-state index in [0.29, 0.717) is 5.56 Å². The first-order chi connectivity index (χ1) is 38.6. The fourth-order valence-electron chi connectivity index (χ4n) is 9.18. The minimum atomic E-state index is -1.43. The summed E-state index contributed by atoms with van der Waals surface area (Å²) in [6.45, 7) is 8.26. The quantitative estimate of drug-likeness (QED) is 0.0176. The van der Waals surface area contributed by atoms with Crippen molar-refractivity contribution < 1.29 is 63.0 Å². The molecule has 0 aliphatic rings. The predicted octanol–water partition coefficient (Wildman–Crippen LogP) is -0.271. The first kappa shape index (κ1) is 70.8. The van der Waals surface area contributed by atoms with Crippen molar-refractivity contribution in [2.45, 2.75) is 155 Å². The molecular weight excluding hydrogens is 1080 g/mol. The van der Waals surface area contributed by atoms with Gasteiger partial charge in [-0.25, -0.2) is 0 Å². The molecule has 0 bridgehead atoms. The average molecular weight is 1170 g/mol. The van der Waals surface area contributed by atoms with Gasteiger partial charge in [-0.2, -0.15) is 12.6 Å². The minimum absolute atomic E-state index is 0.0179. The fourth-order valence-corrected chi connectivity index (χ4v) is 9.47. The van der Waals surface area contributed by atoms with Crippen LogP contribution in [0.25, 0.3) is 10.9 Å². The highest BCUT2D eigenvalue weighted by molar-refractivity contribution is 7.80. The van der Waals surface area contributed by atoms with Crippen molar-refractivity contribution in [1.29, 1.82) is 0 Å². The van der Waals surface area contributed by atoms with Gasteiger partial charge in [-0.1, -0.05) is 45.9 Å². The molecule has 0 saturated carbocycles. The van der Waals surface area contributed by atoms with E-state index in [9.17, 15) is 63.0 Å². The van der Waals surface area contributed by atoms with Gasteiger partial charge in [0.2, 0.25) is 29.5 Å². The Labute approximate surface area is 483 Å². The maximum atomic E-state index is 14.7. The zero-order chi connectivity index (χ0) is 61.8. The summed E-state index contributed by atoms with van der Waals surface area (Å²) in [6, 6.07) is 1.93. The highest BCUT2D eigenvalue weighted by Gasteiger charge is 2.36. The standard InChI is InChI=1S/C55H87N13O13S/c1-29(2)20-41(46(74)24-35(28-82)52(80)66-40(14-17-48(76)77)44(72)22-32(50(57)78)10-8-18-62-54(58)59)67-51(79)33(11-9-19-63-55(60)61)23-45(73)42(21-34-27-64-39-13-7-6-12-37(34)39)65-47(75)16-15-43(71)49(31(5)69)68-53(81)38(30(3)4)25-36(70)26-56/h6-7,12-13,27,29-33,35,38,40-42,49,64,69,82H,8-11,14-26,28,56H2,1-5H3,(H2,57,78)(H,65,75)(H,66,80)(H,67,79)(H,68,81)(H,76,77)(H4,58,59,62)(H4,60,61,63)/t31-,32-,33+,35+,38+,40+,41+,42+,49+/m1/s1. The molecule has 5 amide bonds. The summed E-state index contributed by atoms with van der Waals surface area (Å²) in [5.74, 6) is -13.2. The molecule has 9 atom stereocenters. The number of nitrogens with one attached hydrogen (secondary N) is 5. The molecule has 2 aromatic rings. The first-order valence-corrected chi connectivity index (χ1v) is 28.2. The lowest BCUT2D eigenvalue weighted by molar-refractivity contribution is -0.138.